The number of hydrogen-bond acceptors (Lipinski definition) is 1. The molecular weight excluding hydrogens is 297 g/mol. The van der Waals surface area contributed by atoms with Gasteiger partial charge in [-0.15, -0.1) is 0 Å². The van der Waals surface area contributed by atoms with Crippen molar-refractivity contribution >= 4 is 17.9 Å². The van der Waals surface area contributed by atoms with Crippen molar-refractivity contribution in [3.05, 3.63) is 96.6 Å². The minimum atomic E-state index is -2.04. The molecule has 1 radical (unpaired) electrons. The van der Waals surface area contributed by atoms with Crippen molar-refractivity contribution in [3.63, 3.8) is 0 Å². The zero-order valence-corrected chi connectivity index (χ0v) is 13.9. The highest BCUT2D eigenvalue weighted by molar-refractivity contribution is 7.93. The lowest BCUT2D eigenvalue weighted by Gasteiger charge is -2.30. The van der Waals surface area contributed by atoms with Gasteiger partial charge in [-0.25, -0.2) is 0 Å². The monoisotopic (exact) mass is 316 g/mol. The second kappa shape index (κ2) is 7.23. The van der Waals surface area contributed by atoms with E-state index in [1.165, 1.54) is 16.2 Å². The largest absolute Gasteiger partial charge is 0.193 e. The van der Waals surface area contributed by atoms with Crippen molar-refractivity contribution in [1.82, 2.24) is 0 Å². The number of aryl methyl sites for hydroxylation is 1. The SMILES string of the molecule is N#C[P](CCc1ccccc1)(c1ccccc1)c1ccccc1. The molecule has 0 spiro atoms. The smallest absolute Gasteiger partial charge is 0.0913 e. The first-order valence-corrected chi connectivity index (χ1v) is 9.77. The van der Waals surface area contributed by atoms with E-state index < -0.39 is 7.26 Å². The van der Waals surface area contributed by atoms with Crippen LogP contribution in [0.1, 0.15) is 5.56 Å². The van der Waals surface area contributed by atoms with Crippen LogP contribution < -0.4 is 10.6 Å². The fourth-order valence-corrected chi connectivity index (χ4v) is 5.98. The van der Waals surface area contributed by atoms with Crippen molar-refractivity contribution in [1.29, 1.82) is 5.26 Å². The third-order valence-electron chi connectivity index (χ3n) is 4.14. The molecule has 1 nitrogen and oxygen atoms in total. The molecule has 0 atom stereocenters. The van der Waals surface area contributed by atoms with Crippen LogP contribution in [-0.2, 0) is 6.42 Å². The molecule has 0 fully saturated rings. The van der Waals surface area contributed by atoms with Crippen molar-refractivity contribution < 1.29 is 0 Å². The molecule has 0 saturated carbocycles. The first-order chi connectivity index (χ1) is 11.3. The van der Waals surface area contributed by atoms with Crippen LogP contribution in [-0.4, -0.2) is 6.16 Å². The summed E-state index contributed by atoms with van der Waals surface area (Å²) in [5.74, 6) is 2.73. The van der Waals surface area contributed by atoms with Gasteiger partial charge in [0.15, 0.2) is 0 Å². The predicted octanol–water partition coefficient (Wildman–Crippen LogP) is 4.38. The Morgan fingerprint density at radius 1 is 0.652 bits per heavy atom. The van der Waals surface area contributed by atoms with Crippen LogP contribution in [0.15, 0.2) is 91.0 Å². The molecule has 0 bridgehead atoms. The van der Waals surface area contributed by atoms with Crippen LogP contribution in [0.4, 0.5) is 0 Å². The standard InChI is InChI=1S/C21H19NP/c22-18-23(20-12-6-2-7-13-20,21-14-8-3-9-15-21)17-16-19-10-4-1-5-11-19/h1-15H,16-17H2. The third-order valence-corrected chi connectivity index (χ3v) is 7.74. The van der Waals surface area contributed by atoms with Crippen molar-refractivity contribution in [3.8, 4) is 5.81 Å². The number of hydrogen-bond donors (Lipinski definition) is 0. The molecule has 3 aromatic rings. The number of rotatable bonds is 5. The Labute approximate surface area is 138 Å². The highest BCUT2D eigenvalue weighted by Gasteiger charge is 2.31. The summed E-state index contributed by atoms with van der Waals surface area (Å²) in [5, 5.41) is 12.5. The van der Waals surface area contributed by atoms with Gasteiger partial charge in [0.25, 0.3) is 0 Å². The Kier molecular flexibility index (Phi) is 4.86. The summed E-state index contributed by atoms with van der Waals surface area (Å²) in [7, 11) is -2.04. The summed E-state index contributed by atoms with van der Waals surface area (Å²) in [6.45, 7) is 0. The van der Waals surface area contributed by atoms with Crippen LogP contribution >= 0.6 is 7.26 Å². The fraction of sp³-hybridized carbons (Fsp3) is 0.0952. The van der Waals surface area contributed by atoms with Gasteiger partial charge in [0.1, 0.15) is 0 Å². The molecule has 0 aliphatic heterocycles. The third kappa shape index (κ3) is 3.34. The van der Waals surface area contributed by atoms with E-state index in [0.717, 1.165) is 12.6 Å². The van der Waals surface area contributed by atoms with Gasteiger partial charge in [-0.1, -0.05) is 91.0 Å². The van der Waals surface area contributed by atoms with Crippen molar-refractivity contribution in [2.45, 2.75) is 6.42 Å². The van der Waals surface area contributed by atoms with E-state index in [0.29, 0.717) is 0 Å². The Balaban J connectivity index is 2.01. The van der Waals surface area contributed by atoms with Gasteiger partial charge in [0, 0.05) is 7.26 Å². The van der Waals surface area contributed by atoms with Crippen LogP contribution in [0.2, 0.25) is 0 Å². The molecule has 0 unspecified atom stereocenters. The molecule has 0 N–H and O–H groups in total. The number of nitrogens with zero attached hydrogens (tertiary/aromatic N) is 1. The lowest BCUT2D eigenvalue weighted by molar-refractivity contribution is 1.15. The van der Waals surface area contributed by atoms with Gasteiger partial charge < -0.3 is 0 Å². The maximum absolute atomic E-state index is 10.2. The second-order valence-corrected chi connectivity index (χ2v) is 8.84. The van der Waals surface area contributed by atoms with E-state index in [2.05, 4.69) is 54.3 Å². The molecule has 3 aromatic carbocycles. The van der Waals surface area contributed by atoms with Gasteiger partial charge in [0.2, 0.25) is 0 Å². The summed E-state index contributed by atoms with van der Waals surface area (Å²) in [5.41, 5.74) is 1.29. The van der Waals surface area contributed by atoms with Gasteiger partial charge >= 0.3 is 0 Å². The Morgan fingerprint density at radius 3 is 1.52 bits per heavy atom. The minimum absolute atomic E-state index is 0.877. The summed E-state index contributed by atoms with van der Waals surface area (Å²) in [6.07, 6.45) is 1.80. The molecule has 3 rings (SSSR count). The lowest BCUT2D eigenvalue weighted by Crippen LogP contribution is -2.24. The molecule has 0 amide bonds. The molecule has 0 aromatic heterocycles. The molecular formula is C21H19NP. The highest BCUT2D eigenvalue weighted by Crippen LogP contribution is 2.55. The average Bonchev–Trinajstić information content (AvgIpc) is 2.65. The van der Waals surface area contributed by atoms with Gasteiger partial charge in [-0.2, -0.15) is 5.26 Å². The molecule has 2 heteroatoms. The van der Waals surface area contributed by atoms with Crippen molar-refractivity contribution in [2.75, 3.05) is 6.16 Å². The van der Waals surface area contributed by atoms with E-state index in [-0.39, 0.29) is 0 Å². The molecule has 23 heavy (non-hydrogen) atoms. The summed E-state index contributed by atoms with van der Waals surface area (Å²) >= 11 is 0. The normalized spacial score (nSPS) is 10.9. The van der Waals surface area contributed by atoms with Gasteiger partial charge in [-0.05, 0) is 28.8 Å². The van der Waals surface area contributed by atoms with E-state index in [4.69, 9.17) is 0 Å². The van der Waals surface area contributed by atoms with Crippen molar-refractivity contribution in [2.24, 2.45) is 0 Å². The molecule has 0 heterocycles. The van der Waals surface area contributed by atoms with Crippen LogP contribution in [0, 0.1) is 11.1 Å². The van der Waals surface area contributed by atoms with E-state index in [1.54, 1.807) is 0 Å². The molecule has 0 aliphatic rings. The minimum Gasteiger partial charge on any atom is -0.193 e. The Bertz CT molecular complexity index is 737. The molecule has 113 valence electrons. The Hall–Kier alpha value is -2.42. The predicted molar refractivity (Wildman–Crippen MR) is 99.7 cm³/mol. The quantitative estimate of drug-likeness (QED) is 0.641. The lowest BCUT2D eigenvalue weighted by atomic mass is 10.2. The first kappa shape index (κ1) is 15.5. The zero-order valence-electron chi connectivity index (χ0n) is 13.0. The number of nitriles is 1. The van der Waals surface area contributed by atoms with Gasteiger partial charge in [-0.3, -0.25) is 0 Å². The van der Waals surface area contributed by atoms with E-state index in [1.807, 2.05) is 42.5 Å². The van der Waals surface area contributed by atoms with Crippen LogP contribution in [0.5, 0.6) is 0 Å². The highest BCUT2D eigenvalue weighted by atomic mass is 31.2. The molecule has 0 saturated heterocycles. The van der Waals surface area contributed by atoms with Gasteiger partial charge in [0.05, 0.1) is 5.81 Å². The summed E-state index contributed by atoms with van der Waals surface area (Å²) < 4.78 is 0. The number of benzene rings is 3. The summed E-state index contributed by atoms with van der Waals surface area (Å²) in [6, 6.07) is 31.0. The topological polar surface area (TPSA) is 23.8 Å². The average molecular weight is 316 g/mol. The maximum Gasteiger partial charge on any atom is 0.0913 e. The maximum atomic E-state index is 10.2. The fourth-order valence-electron chi connectivity index (χ4n) is 2.88. The first-order valence-electron chi connectivity index (χ1n) is 7.80. The Morgan fingerprint density at radius 2 is 1.09 bits per heavy atom. The summed E-state index contributed by atoms with van der Waals surface area (Å²) in [4.78, 5) is 0. The van der Waals surface area contributed by atoms with Crippen LogP contribution in [0.25, 0.3) is 0 Å². The van der Waals surface area contributed by atoms with E-state index >= 15 is 0 Å². The molecule has 0 aliphatic carbocycles. The zero-order chi connectivity index (χ0) is 16.0. The van der Waals surface area contributed by atoms with Crippen LogP contribution in [0.3, 0.4) is 0 Å². The second-order valence-electron chi connectivity index (χ2n) is 5.54. The van der Waals surface area contributed by atoms with E-state index in [9.17, 15) is 5.26 Å².